The Balaban J connectivity index is 1.77. The fourth-order valence-electron chi connectivity index (χ4n) is 2.50. The van der Waals surface area contributed by atoms with Crippen molar-refractivity contribution in [2.45, 2.75) is 6.61 Å². The number of nitrogens with one attached hydrogen (secondary N) is 2. The Hall–Kier alpha value is -3.16. The lowest BCUT2D eigenvalue weighted by atomic mass is 10.1. The zero-order valence-corrected chi connectivity index (χ0v) is 15.4. The Morgan fingerprint density at radius 2 is 1.93 bits per heavy atom. The van der Waals surface area contributed by atoms with E-state index in [1.165, 1.54) is 0 Å². The van der Waals surface area contributed by atoms with Crippen LogP contribution in [0.5, 0.6) is 5.75 Å². The third-order valence-corrected chi connectivity index (χ3v) is 4.02. The lowest BCUT2D eigenvalue weighted by Crippen LogP contribution is -2.34. The van der Waals surface area contributed by atoms with Crippen LogP contribution in [0.2, 0.25) is 0 Å². The van der Waals surface area contributed by atoms with E-state index < -0.39 is 0 Å². The standard InChI is InChI=1S/C20H18N2O4S/c1-25-18-9-7-14(17-10-8-15(12-23)26-17)11-16(18)21-20(27)22-19(24)13-5-3-2-4-6-13/h2-11,23H,12H2,1H3,(H2,21,22,24,27). The van der Waals surface area contributed by atoms with Gasteiger partial charge in [-0.3, -0.25) is 10.1 Å². The van der Waals surface area contributed by atoms with Crippen molar-refractivity contribution < 1.29 is 19.1 Å². The summed E-state index contributed by atoms with van der Waals surface area (Å²) in [5.74, 6) is 1.33. The molecule has 0 spiro atoms. The van der Waals surface area contributed by atoms with Gasteiger partial charge in [-0.1, -0.05) is 18.2 Å². The number of methoxy groups -OCH3 is 1. The minimum absolute atomic E-state index is 0.148. The number of aliphatic hydroxyl groups excluding tert-OH is 1. The summed E-state index contributed by atoms with van der Waals surface area (Å²) < 4.78 is 10.9. The van der Waals surface area contributed by atoms with Gasteiger partial charge in [-0.05, 0) is 54.7 Å². The number of anilines is 1. The zero-order valence-electron chi connectivity index (χ0n) is 14.6. The lowest BCUT2D eigenvalue weighted by molar-refractivity contribution is 0.0977. The minimum atomic E-state index is -0.304. The Labute approximate surface area is 161 Å². The second kappa shape index (κ2) is 8.48. The topological polar surface area (TPSA) is 83.7 Å². The molecule has 7 heteroatoms. The number of carbonyl (C=O) groups is 1. The summed E-state index contributed by atoms with van der Waals surface area (Å²) in [6, 6.07) is 17.7. The normalized spacial score (nSPS) is 10.3. The van der Waals surface area contributed by atoms with E-state index in [9.17, 15) is 4.79 Å². The molecule has 27 heavy (non-hydrogen) atoms. The van der Waals surface area contributed by atoms with Gasteiger partial charge < -0.3 is 19.6 Å². The number of aliphatic hydroxyl groups is 1. The van der Waals surface area contributed by atoms with Gasteiger partial charge in [0.2, 0.25) is 0 Å². The Morgan fingerprint density at radius 1 is 1.15 bits per heavy atom. The van der Waals surface area contributed by atoms with E-state index in [-0.39, 0.29) is 17.6 Å². The molecular formula is C20H18N2O4S. The first-order valence-corrected chi connectivity index (χ1v) is 8.57. The number of ether oxygens (including phenoxy) is 1. The predicted molar refractivity (Wildman–Crippen MR) is 107 cm³/mol. The Morgan fingerprint density at radius 3 is 2.59 bits per heavy atom. The van der Waals surface area contributed by atoms with Crippen LogP contribution in [-0.2, 0) is 6.61 Å². The highest BCUT2D eigenvalue weighted by Crippen LogP contribution is 2.31. The first kappa shape index (κ1) is 18.6. The summed E-state index contributed by atoms with van der Waals surface area (Å²) in [6.07, 6.45) is 0. The second-order valence-corrected chi connectivity index (χ2v) is 6.02. The molecule has 138 valence electrons. The molecule has 1 amide bonds. The second-order valence-electron chi connectivity index (χ2n) is 5.61. The van der Waals surface area contributed by atoms with Crippen molar-refractivity contribution in [1.82, 2.24) is 5.32 Å². The van der Waals surface area contributed by atoms with Gasteiger partial charge in [0.25, 0.3) is 5.91 Å². The van der Waals surface area contributed by atoms with E-state index in [1.54, 1.807) is 55.6 Å². The van der Waals surface area contributed by atoms with Crippen LogP contribution in [0.15, 0.2) is 65.1 Å². The zero-order chi connectivity index (χ0) is 19.2. The van der Waals surface area contributed by atoms with E-state index >= 15 is 0 Å². The van der Waals surface area contributed by atoms with Crippen molar-refractivity contribution >= 4 is 28.9 Å². The fourth-order valence-corrected chi connectivity index (χ4v) is 2.70. The van der Waals surface area contributed by atoms with Crippen molar-refractivity contribution in [3.8, 4) is 17.1 Å². The molecule has 3 rings (SSSR count). The molecule has 0 bridgehead atoms. The molecule has 0 aliphatic heterocycles. The molecular weight excluding hydrogens is 364 g/mol. The first-order chi connectivity index (χ1) is 13.1. The largest absolute Gasteiger partial charge is 0.495 e. The molecule has 0 unspecified atom stereocenters. The average molecular weight is 382 g/mol. The molecule has 6 nitrogen and oxygen atoms in total. The number of hydrogen-bond acceptors (Lipinski definition) is 5. The summed E-state index contributed by atoms with van der Waals surface area (Å²) in [6.45, 7) is -0.170. The monoisotopic (exact) mass is 382 g/mol. The molecule has 2 aromatic carbocycles. The van der Waals surface area contributed by atoms with Gasteiger partial charge in [-0.15, -0.1) is 0 Å². The number of thiocarbonyl (C=S) groups is 1. The Bertz CT molecular complexity index is 954. The quantitative estimate of drug-likeness (QED) is 0.585. The minimum Gasteiger partial charge on any atom is -0.495 e. The van der Waals surface area contributed by atoms with Crippen molar-refractivity contribution in [2.24, 2.45) is 0 Å². The van der Waals surface area contributed by atoms with Crippen LogP contribution in [0.3, 0.4) is 0 Å². The molecule has 0 aliphatic rings. The lowest BCUT2D eigenvalue weighted by Gasteiger charge is -2.14. The summed E-state index contributed by atoms with van der Waals surface area (Å²) in [7, 11) is 1.54. The highest BCUT2D eigenvalue weighted by Gasteiger charge is 2.12. The van der Waals surface area contributed by atoms with Crippen molar-refractivity contribution in [1.29, 1.82) is 0 Å². The summed E-state index contributed by atoms with van der Waals surface area (Å²) in [5, 5.41) is 14.9. The average Bonchev–Trinajstić information content (AvgIpc) is 3.18. The fraction of sp³-hybridized carbons (Fsp3) is 0.100. The van der Waals surface area contributed by atoms with Crippen molar-refractivity contribution in [3.05, 3.63) is 72.0 Å². The molecule has 0 atom stereocenters. The van der Waals surface area contributed by atoms with Crippen molar-refractivity contribution in [3.63, 3.8) is 0 Å². The molecule has 0 aliphatic carbocycles. The van der Waals surface area contributed by atoms with Crippen LogP contribution in [0, 0.1) is 0 Å². The summed E-state index contributed by atoms with van der Waals surface area (Å²) >= 11 is 5.25. The number of hydrogen-bond donors (Lipinski definition) is 3. The van der Waals surface area contributed by atoms with Crippen molar-refractivity contribution in [2.75, 3.05) is 12.4 Å². The number of rotatable bonds is 5. The number of amides is 1. The van der Waals surface area contributed by atoms with Crippen LogP contribution in [0.4, 0.5) is 5.69 Å². The third kappa shape index (κ3) is 4.52. The van der Waals surface area contributed by atoms with Gasteiger partial charge in [0.05, 0.1) is 12.8 Å². The molecule has 1 aromatic heterocycles. The first-order valence-electron chi connectivity index (χ1n) is 8.16. The third-order valence-electron chi connectivity index (χ3n) is 3.81. The molecule has 0 saturated carbocycles. The van der Waals surface area contributed by atoms with Gasteiger partial charge in [-0.2, -0.15) is 0 Å². The van der Waals surface area contributed by atoms with Crippen LogP contribution in [0.25, 0.3) is 11.3 Å². The highest BCUT2D eigenvalue weighted by molar-refractivity contribution is 7.80. The van der Waals surface area contributed by atoms with E-state index in [2.05, 4.69) is 10.6 Å². The molecule has 0 radical (unpaired) electrons. The van der Waals surface area contributed by atoms with Crippen LogP contribution in [0.1, 0.15) is 16.1 Å². The molecule has 0 fully saturated rings. The van der Waals surface area contributed by atoms with E-state index in [0.29, 0.717) is 28.5 Å². The van der Waals surface area contributed by atoms with Gasteiger partial charge in [0, 0.05) is 11.1 Å². The number of carbonyl (C=O) groups excluding carboxylic acids is 1. The maximum atomic E-state index is 12.2. The maximum absolute atomic E-state index is 12.2. The summed E-state index contributed by atoms with van der Waals surface area (Å²) in [4.78, 5) is 12.2. The van der Waals surface area contributed by atoms with E-state index in [0.717, 1.165) is 5.56 Å². The molecule has 0 saturated heterocycles. The summed E-state index contributed by atoms with van der Waals surface area (Å²) in [5.41, 5.74) is 1.86. The van der Waals surface area contributed by atoms with Gasteiger partial charge in [-0.25, -0.2) is 0 Å². The van der Waals surface area contributed by atoms with Gasteiger partial charge >= 0.3 is 0 Å². The smallest absolute Gasteiger partial charge is 0.257 e. The molecule has 3 N–H and O–H groups in total. The maximum Gasteiger partial charge on any atom is 0.257 e. The van der Waals surface area contributed by atoms with Gasteiger partial charge in [0.1, 0.15) is 23.9 Å². The number of benzene rings is 2. The van der Waals surface area contributed by atoms with Crippen LogP contribution < -0.4 is 15.4 Å². The predicted octanol–water partition coefficient (Wildman–Crippen LogP) is 3.57. The molecule has 3 aromatic rings. The SMILES string of the molecule is COc1ccc(-c2ccc(CO)o2)cc1NC(=S)NC(=O)c1ccccc1. The van der Waals surface area contributed by atoms with Crippen LogP contribution in [-0.4, -0.2) is 23.2 Å². The Kier molecular flexibility index (Phi) is 5.85. The van der Waals surface area contributed by atoms with Crippen LogP contribution >= 0.6 is 12.2 Å². The van der Waals surface area contributed by atoms with E-state index in [1.807, 2.05) is 12.1 Å². The number of furan rings is 1. The van der Waals surface area contributed by atoms with E-state index in [4.69, 9.17) is 26.5 Å². The molecule has 1 heterocycles. The highest BCUT2D eigenvalue weighted by atomic mass is 32.1. The van der Waals surface area contributed by atoms with Gasteiger partial charge in [0.15, 0.2) is 5.11 Å².